The zero-order valence-corrected chi connectivity index (χ0v) is 7.20. The summed E-state index contributed by atoms with van der Waals surface area (Å²) in [6.07, 6.45) is 0. The van der Waals surface area contributed by atoms with Crippen LogP contribution in [0, 0.1) is 13.8 Å². The van der Waals surface area contributed by atoms with E-state index in [1.807, 2.05) is 6.92 Å². The van der Waals surface area contributed by atoms with Crippen molar-refractivity contribution in [1.82, 2.24) is 10.2 Å². The van der Waals surface area contributed by atoms with Gasteiger partial charge in [-0.3, -0.25) is 4.79 Å². The molecule has 0 fully saturated rings. The average molecular weight is 173 g/mol. The number of halogens is 1. The van der Waals surface area contributed by atoms with Crippen LogP contribution in [0.1, 0.15) is 16.8 Å². The van der Waals surface area contributed by atoms with Crippen LogP contribution in [0.5, 0.6) is 0 Å². The summed E-state index contributed by atoms with van der Waals surface area (Å²) in [5.74, 6) is 0.337. The lowest BCUT2D eigenvalue weighted by Gasteiger charge is -2.01. The number of nitrogens with zero attached hydrogens (tertiary/aromatic N) is 1. The van der Waals surface area contributed by atoms with Crippen molar-refractivity contribution in [3.05, 3.63) is 27.2 Å². The van der Waals surface area contributed by atoms with Gasteiger partial charge in [0.05, 0.1) is 11.6 Å². The van der Waals surface area contributed by atoms with E-state index in [2.05, 4.69) is 10.2 Å². The summed E-state index contributed by atoms with van der Waals surface area (Å²) >= 11 is 5.57. The Balaban J connectivity index is 3.37. The van der Waals surface area contributed by atoms with Crippen LogP contribution in [0.2, 0.25) is 0 Å². The molecule has 0 aliphatic carbocycles. The zero-order chi connectivity index (χ0) is 8.43. The van der Waals surface area contributed by atoms with Gasteiger partial charge in [-0.2, -0.15) is 5.10 Å². The van der Waals surface area contributed by atoms with Crippen molar-refractivity contribution in [2.45, 2.75) is 19.7 Å². The molecule has 1 N–H and O–H groups in total. The third-order valence-corrected chi connectivity index (χ3v) is 2.01. The van der Waals surface area contributed by atoms with Crippen molar-refractivity contribution in [2.75, 3.05) is 0 Å². The van der Waals surface area contributed by atoms with Gasteiger partial charge in [0.25, 0.3) is 5.56 Å². The summed E-state index contributed by atoms with van der Waals surface area (Å²) in [6, 6.07) is 0. The van der Waals surface area contributed by atoms with E-state index >= 15 is 0 Å². The van der Waals surface area contributed by atoms with E-state index in [4.69, 9.17) is 11.6 Å². The molecule has 0 radical (unpaired) electrons. The molecule has 0 saturated carbocycles. The predicted octanol–water partition coefficient (Wildman–Crippen LogP) is 1.13. The second kappa shape index (κ2) is 3.05. The Morgan fingerprint density at radius 2 is 2.09 bits per heavy atom. The monoisotopic (exact) mass is 172 g/mol. The molecular weight excluding hydrogens is 164 g/mol. The van der Waals surface area contributed by atoms with E-state index in [1.54, 1.807) is 6.92 Å². The Labute approximate surface area is 69.4 Å². The first kappa shape index (κ1) is 8.27. The molecule has 0 aliphatic rings. The second-order valence-electron chi connectivity index (χ2n) is 2.38. The highest BCUT2D eigenvalue weighted by molar-refractivity contribution is 6.16. The van der Waals surface area contributed by atoms with E-state index < -0.39 is 0 Å². The summed E-state index contributed by atoms with van der Waals surface area (Å²) in [7, 11) is 0. The second-order valence-corrected chi connectivity index (χ2v) is 2.65. The van der Waals surface area contributed by atoms with Crippen LogP contribution in [0.15, 0.2) is 4.79 Å². The first-order valence-electron chi connectivity index (χ1n) is 3.27. The van der Waals surface area contributed by atoms with Crippen molar-refractivity contribution in [3.63, 3.8) is 0 Å². The first-order valence-corrected chi connectivity index (χ1v) is 3.81. The lowest BCUT2D eigenvalue weighted by Crippen LogP contribution is -2.15. The lowest BCUT2D eigenvalue weighted by atomic mass is 10.1. The van der Waals surface area contributed by atoms with Gasteiger partial charge in [-0.25, -0.2) is 5.10 Å². The smallest absolute Gasteiger partial charge is 0.267 e. The van der Waals surface area contributed by atoms with Gasteiger partial charge in [0.2, 0.25) is 0 Å². The van der Waals surface area contributed by atoms with Gasteiger partial charge < -0.3 is 0 Å². The van der Waals surface area contributed by atoms with Crippen LogP contribution in [0.3, 0.4) is 0 Å². The van der Waals surface area contributed by atoms with Crippen molar-refractivity contribution in [1.29, 1.82) is 0 Å². The third-order valence-electron chi connectivity index (χ3n) is 1.75. The van der Waals surface area contributed by atoms with E-state index in [0.29, 0.717) is 11.4 Å². The summed E-state index contributed by atoms with van der Waals surface area (Å²) in [5, 5.41) is 6.16. The first-order chi connectivity index (χ1) is 5.16. The summed E-state index contributed by atoms with van der Waals surface area (Å²) < 4.78 is 0. The highest BCUT2D eigenvalue weighted by Gasteiger charge is 2.03. The molecule has 60 valence electrons. The number of alkyl halides is 1. The highest BCUT2D eigenvalue weighted by Crippen LogP contribution is 2.06. The fourth-order valence-electron chi connectivity index (χ4n) is 0.803. The minimum atomic E-state index is -0.142. The molecule has 0 aliphatic heterocycles. The SMILES string of the molecule is Cc1c(CCl)n[nH]c(=O)c1C. The Morgan fingerprint density at radius 1 is 1.45 bits per heavy atom. The Hall–Kier alpha value is -0.830. The standard InChI is InChI=1S/C7H9ClN2O/c1-4-5(2)7(11)10-9-6(4)3-8/h3H2,1-2H3,(H,10,11). The van der Waals surface area contributed by atoms with Crippen LogP contribution in [0.25, 0.3) is 0 Å². The van der Waals surface area contributed by atoms with Crippen molar-refractivity contribution < 1.29 is 0 Å². The number of aromatic nitrogens is 2. The molecule has 1 heterocycles. The Bertz CT molecular complexity index is 319. The van der Waals surface area contributed by atoms with Crippen LogP contribution in [-0.4, -0.2) is 10.2 Å². The summed E-state index contributed by atoms with van der Waals surface area (Å²) in [5.41, 5.74) is 2.17. The summed E-state index contributed by atoms with van der Waals surface area (Å²) in [4.78, 5) is 10.9. The van der Waals surface area contributed by atoms with Gasteiger partial charge in [0.1, 0.15) is 0 Å². The fraction of sp³-hybridized carbons (Fsp3) is 0.429. The van der Waals surface area contributed by atoms with Crippen LogP contribution in [0.4, 0.5) is 0 Å². The van der Waals surface area contributed by atoms with E-state index in [-0.39, 0.29) is 5.56 Å². The number of H-pyrrole nitrogens is 1. The minimum absolute atomic E-state index is 0.142. The van der Waals surface area contributed by atoms with E-state index in [1.165, 1.54) is 0 Å². The molecule has 11 heavy (non-hydrogen) atoms. The van der Waals surface area contributed by atoms with Gasteiger partial charge in [-0.1, -0.05) is 0 Å². The predicted molar refractivity (Wildman–Crippen MR) is 43.9 cm³/mol. The number of rotatable bonds is 1. The quantitative estimate of drug-likeness (QED) is 0.646. The number of hydrogen-bond acceptors (Lipinski definition) is 2. The molecule has 0 amide bonds. The minimum Gasteiger partial charge on any atom is -0.268 e. The molecule has 1 rings (SSSR count). The summed E-state index contributed by atoms with van der Waals surface area (Å²) in [6.45, 7) is 3.60. The van der Waals surface area contributed by atoms with E-state index in [0.717, 1.165) is 11.3 Å². The third kappa shape index (κ3) is 1.43. The fourth-order valence-corrected chi connectivity index (χ4v) is 1.06. The number of aromatic amines is 1. The molecule has 0 spiro atoms. The van der Waals surface area contributed by atoms with Crippen molar-refractivity contribution >= 4 is 11.6 Å². The maximum atomic E-state index is 10.9. The molecule has 0 saturated heterocycles. The topological polar surface area (TPSA) is 45.8 Å². The van der Waals surface area contributed by atoms with Crippen LogP contribution in [-0.2, 0) is 5.88 Å². The molecule has 0 aromatic carbocycles. The molecule has 4 heteroatoms. The Kier molecular flexibility index (Phi) is 2.29. The lowest BCUT2D eigenvalue weighted by molar-refractivity contribution is 0.900. The largest absolute Gasteiger partial charge is 0.268 e. The van der Waals surface area contributed by atoms with Gasteiger partial charge in [0.15, 0.2) is 0 Å². The molecule has 3 nitrogen and oxygen atoms in total. The van der Waals surface area contributed by atoms with Crippen molar-refractivity contribution in [3.8, 4) is 0 Å². The van der Waals surface area contributed by atoms with Crippen LogP contribution < -0.4 is 5.56 Å². The highest BCUT2D eigenvalue weighted by atomic mass is 35.5. The average Bonchev–Trinajstić information content (AvgIpc) is 2.01. The Morgan fingerprint density at radius 3 is 2.64 bits per heavy atom. The molecule has 0 bridgehead atoms. The molecule has 1 aromatic rings. The molecular formula is C7H9ClN2O. The molecule has 1 aromatic heterocycles. The van der Waals surface area contributed by atoms with Gasteiger partial charge >= 0.3 is 0 Å². The maximum Gasteiger partial charge on any atom is 0.267 e. The van der Waals surface area contributed by atoms with E-state index in [9.17, 15) is 4.79 Å². The molecule has 0 unspecified atom stereocenters. The van der Waals surface area contributed by atoms with Crippen molar-refractivity contribution in [2.24, 2.45) is 0 Å². The molecule has 0 atom stereocenters. The number of hydrogen-bond donors (Lipinski definition) is 1. The van der Waals surface area contributed by atoms with Gasteiger partial charge in [-0.05, 0) is 19.4 Å². The normalized spacial score (nSPS) is 10.1. The zero-order valence-electron chi connectivity index (χ0n) is 6.44. The van der Waals surface area contributed by atoms with Gasteiger partial charge in [0, 0.05) is 5.56 Å². The van der Waals surface area contributed by atoms with Crippen LogP contribution >= 0.6 is 11.6 Å². The maximum absolute atomic E-state index is 10.9. The van der Waals surface area contributed by atoms with Gasteiger partial charge in [-0.15, -0.1) is 11.6 Å². The number of nitrogens with one attached hydrogen (secondary N) is 1.